The molecule has 2 heterocycles. The number of ketones is 1. The third-order valence-electron chi connectivity index (χ3n) is 6.31. The minimum Gasteiger partial charge on any atom is -0.461 e. The molecule has 0 N–H and O–H groups in total. The maximum absolute atomic E-state index is 13.3. The molecule has 1 aliphatic heterocycles. The van der Waals surface area contributed by atoms with Crippen LogP contribution in [0.4, 0.5) is 0 Å². The monoisotopic (exact) mass is 421 g/mol. The minimum atomic E-state index is -0.633. The number of esters is 1. The van der Waals surface area contributed by atoms with Gasteiger partial charge in [0, 0.05) is 29.0 Å². The SMILES string of the molecule is CC(=O)C1C(C)=NC(C)=C(C(=O)OC2CCCC2)C1c1cccc2c(=O)cc(C)oc12. The molecule has 0 spiro atoms. The van der Waals surface area contributed by atoms with E-state index in [1.54, 1.807) is 32.9 Å². The lowest BCUT2D eigenvalue weighted by atomic mass is 9.73. The molecule has 2 unspecified atom stereocenters. The Labute approximate surface area is 181 Å². The van der Waals surface area contributed by atoms with Crippen molar-refractivity contribution in [2.45, 2.75) is 65.4 Å². The van der Waals surface area contributed by atoms with Crippen LogP contribution in [0.15, 0.2) is 49.7 Å². The molecule has 162 valence electrons. The highest BCUT2D eigenvalue weighted by molar-refractivity contribution is 6.09. The summed E-state index contributed by atoms with van der Waals surface area (Å²) < 4.78 is 11.8. The lowest BCUT2D eigenvalue weighted by Crippen LogP contribution is -2.35. The largest absolute Gasteiger partial charge is 0.461 e. The molecule has 31 heavy (non-hydrogen) atoms. The molecule has 0 radical (unpaired) electrons. The molecular formula is C25H27NO5. The van der Waals surface area contributed by atoms with Crippen molar-refractivity contribution in [3.63, 3.8) is 0 Å². The number of hydrogen-bond donors (Lipinski definition) is 0. The highest BCUT2D eigenvalue weighted by Crippen LogP contribution is 2.42. The summed E-state index contributed by atoms with van der Waals surface area (Å²) in [6, 6.07) is 6.72. The zero-order chi connectivity index (χ0) is 22.3. The average Bonchev–Trinajstić information content (AvgIpc) is 3.19. The molecule has 0 amide bonds. The van der Waals surface area contributed by atoms with Crippen LogP contribution in [-0.2, 0) is 14.3 Å². The van der Waals surface area contributed by atoms with Crippen molar-refractivity contribution in [3.8, 4) is 0 Å². The highest BCUT2D eigenvalue weighted by Gasteiger charge is 2.41. The summed E-state index contributed by atoms with van der Waals surface area (Å²) in [7, 11) is 0. The van der Waals surface area contributed by atoms with Crippen LogP contribution in [0.1, 0.15) is 63.7 Å². The lowest BCUT2D eigenvalue weighted by molar-refractivity contribution is -0.144. The van der Waals surface area contributed by atoms with Crippen LogP contribution in [0.2, 0.25) is 0 Å². The van der Waals surface area contributed by atoms with Gasteiger partial charge in [0.1, 0.15) is 23.2 Å². The maximum atomic E-state index is 13.3. The molecule has 2 atom stereocenters. The van der Waals surface area contributed by atoms with Crippen molar-refractivity contribution in [1.29, 1.82) is 0 Å². The van der Waals surface area contributed by atoms with E-state index < -0.39 is 17.8 Å². The van der Waals surface area contributed by atoms with Gasteiger partial charge in [-0.05, 0) is 59.4 Å². The van der Waals surface area contributed by atoms with Gasteiger partial charge in [0.2, 0.25) is 0 Å². The molecule has 2 aromatic rings. The van der Waals surface area contributed by atoms with Crippen LogP contribution >= 0.6 is 0 Å². The van der Waals surface area contributed by atoms with Crippen molar-refractivity contribution in [2.24, 2.45) is 10.9 Å². The second-order valence-electron chi connectivity index (χ2n) is 8.58. The van der Waals surface area contributed by atoms with Crippen LogP contribution < -0.4 is 5.43 Å². The zero-order valence-electron chi connectivity index (χ0n) is 18.4. The first-order valence-corrected chi connectivity index (χ1v) is 10.8. The number of fused-ring (bicyclic) bond motifs is 1. The van der Waals surface area contributed by atoms with E-state index in [4.69, 9.17) is 9.15 Å². The predicted octanol–water partition coefficient (Wildman–Crippen LogP) is 4.62. The van der Waals surface area contributed by atoms with Crippen LogP contribution in [0.5, 0.6) is 0 Å². The summed E-state index contributed by atoms with van der Waals surface area (Å²) in [4.78, 5) is 43.2. The van der Waals surface area contributed by atoms with Gasteiger partial charge in [-0.2, -0.15) is 0 Å². The van der Waals surface area contributed by atoms with E-state index in [0.717, 1.165) is 25.7 Å². The molecule has 0 bridgehead atoms. The van der Waals surface area contributed by atoms with Crippen molar-refractivity contribution >= 4 is 28.4 Å². The van der Waals surface area contributed by atoms with Crippen LogP contribution in [0.25, 0.3) is 11.0 Å². The number of hydrogen-bond acceptors (Lipinski definition) is 6. The van der Waals surface area contributed by atoms with Gasteiger partial charge < -0.3 is 9.15 Å². The fourth-order valence-corrected chi connectivity index (χ4v) is 4.95. The van der Waals surface area contributed by atoms with E-state index in [1.807, 2.05) is 6.07 Å². The molecule has 1 fully saturated rings. The van der Waals surface area contributed by atoms with Gasteiger partial charge in [-0.25, -0.2) is 4.79 Å². The molecule has 2 aliphatic rings. The molecule has 1 aliphatic carbocycles. The third-order valence-corrected chi connectivity index (χ3v) is 6.31. The zero-order valence-corrected chi connectivity index (χ0v) is 18.4. The second-order valence-corrected chi connectivity index (χ2v) is 8.58. The fourth-order valence-electron chi connectivity index (χ4n) is 4.95. The van der Waals surface area contributed by atoms with E-state index in [0.29, 0.717) is 39.3 Å². The molecule has 6 nitrogen and oxygen atoms in total. The smallest absolute Gasteiger partial charge is 0.336 e. The van der Waals surface area contributed by atoms with Crippen LogP contribution in [-0.4, -0.2) is 23.6 Å². The van der Waals surface area contributed by atoms with Crippen molar-refractivity contribution in [1.82, 2.24) is 0 Å². The summed E-state index contributed by atoms with van der Waals surface area (Å²) in [5, 5.41) is 0.423. The first kappa shape index (κ1) is 21.2. The summed E-state index contributed by atoms with van der Waals surface area (Å²) in [5.41, 5.74) is 2.42. The molecule has 6 heteroatoms. The Morgan fingerprint density at radius 3 is 2.52 bits per heavy atom. The number of aliphatic imine (C=N–C) groups is 1. The number of para-hydroxylation sites is 1. The van der Waals surface area contributed by atoms with Gasteiger partial charge in [0.05, 0.1) is 16.9 Å². The predicted molar refractivity (Wildman–Crippen MR) is 118 cm³/mol. The number of allylic oxidation sites excluding steroid dienone is 1. The number of carbonyl (C=O) groups is 2. The van der Waals surface area contributed by atoms with Gasteiger partial charge >= 0.3 is 5.97 Å². The Morgan fingerprint density at radius 2 is 1.84 bits per heavy atom. The number of rotatable bonds is 4. The first-order chi connectivity index (χ1) is 14.8. The van der Waals surface area contributed by atoms with Gasteiger partial charge in [0.25, 0.3) is 0 Å². The Hall–Kier alpha value is -3.02. The molecule has 0 saturated heterocycles. The normalized spacial score (nSPS) is 22.0. The Morgan fingerprint density at radius 1 is 1.13 bits per heavy atom. The molecule has 1 aromatic carbocycles. The molecule has 4 rings (SSSR count). The average molecular weight is 421 g/mol. The standard InChI is InChI=1S/C25H27NO5/c1-13-12-20(28)18-10-7-11-19(24(18)30-13)23-21(16(4)27)14(2)26-15(3)22(23)25(29)31-17-8-5-6-9-17/h7,10-12,17,21,23H,5-6,8-9H2,1-4H3. The topological polar surface area (TPSA) is 85.9 Å². The first-order valence-electron chi connectivity index (χ1n) is 10.8. The Bertz CT molecular complexity index is 1180. The van der Waals surface area contributed by atoms with Crippen LogP contribution in [0, 0.1) is 12.8 Å². The Balaban J connectivity index is 1.92. The van der Waals surface area contributed by atoms with Gasteiger partial charge in [-0.15, -0.1) is 0 Å². The van der Waals surface area contributed by atoms with E-state index in [1.165, 1.54) is 13.0 Å². The molecule has 1 aromatic heterocycles. The minimum absolute atomic E-state index is 0.100. The van der Waals surface area contributed by atoms with Crippen LogP contribution in [0.3, 0.4) is 0 Å². The summed E-state index contributed by atoms with van der Waals surface area (Å²) in [6.45, 7) is 6.78. The quantitative estimate of drug-likeness (QED) is 0.672. The van der Waals surface area contributed by atoms with E-state index in [2.05, 4.69) is 4.99 Å². The van der Waals surface area contributed by atoms with E-state index in [-0.39, 0.29) is 17.3 Å². The van der Waals surface area contributed by atoms with Crippen molar-refractivity contribution in [2.75, 3.05) is 0 Å². The number of aryl methyl sites for hydroxylation is 1. The van der Waals surface area contributed by atoms with Crippen molar-refractivity contribution in [3.05, 3.63) is 57.1 Å². The summed E-state index contributed by atoms with van der Waals surface area (Å²) in [5.74, 6) is -1.33. The van der Waals surface area contributed by atoms with E-state index in [9.17, 15) is 14.4 Å². The van der Waals surface area contributed by atoms with Gasteiger partial charge in [-0.1, -0.05) is 12.1 Å². The van der Waals surface area contributed by atoms with Crippen molar-refractivity contribution < 1.29 is 18.7 Å². The third kappa shape index (κ3) is 3.87. The molecular weight excluding hydrogens is 394 g/mol. The highest BCUT2D eigenvalue weighted by atomic mass is 16.5. The maximum Gasteiger partial charge on any atom is 0.336 e. The molecule has 1 saturated carbocycles. The second kappa shape index (κ2) is 8.25. The fraction of sp³-hybridized carbons (Fsp3) is 0.440. The Kier molecular flexibility index (Phi) is 5.65. The number of ether oxygens (including phenoxy) is 1. The summed E-state index contributed by atoms with van der Waals surface area (Å²) in [6.07, 6.45) is 3.68. The number of carbonyl (C=O) groups excluding carboxylic acids is 2. The van der Waals surface area contributed by atoms with Gasteiger partial charge in [0.15, 0.2) is 5.43 Å². The van der Waals surface area contributed by atoms with E-state index >= 15 is 0 Å². The number of nitrogens with zero attached hydrogens (tertiary/aromatic N) is 1. The lowest BCUT2D eigenvalue weighted by Gasteiger charge is -2.32. The number of Topliss-reactive ketones (excluding diaryl/α,β-unsaturated/α-hetero) is 1. The van der Waals surface area contributed by atoms with Gasteiger partial charge in [-0.3, -0.25) is 14.6 Å². The summed E-state index contributed by atoms with van der Waals surface area (Å²) >= 11 is 0. The number of benzene rings is 1.